The molecule has 0 saturated carbocycles. The average Bonchev–Trinajstić information content (AvgIpc) is 3.72. The van der Waals surface area contributed by atoms with E-state index in [-0.39, 0.29) is 0 Å². The Labute approximate surface area is 354 Å². The molecule has 0 aliphatic carbocycles. The van der Waals surface area contributed by atoms with Gasteiger partial charge in [-0.3, -0.25) is 0 Å². The highest BCUT2D eigenvalue weighted by atomic mass is 32.1. The van der Waals surface area contributed by atoms with E-state index in [1.807, 2.05) is 11.3 Å². The summed E-state index contributed by atoms with van der Waals surface area (Å²) in [6.45, 7) is 0. The fourth-order valence-electron chi connectivity index (χ4n) is 8.56. The van der Waals surface area contributed by atoms with Crippen molar-refractivity contribution in [3.05, 3.63) is 237 Å². The molecule has 11 aromatic rings. The standard InChI is InChI=1S/C58H39NS/c1-3-11-40(12-4-1)44-23-30-52(31-24-44)59(53-32-25-45(26-33-53)41-13-5-2-6-14-41)54-34-27-46(28-35-54)49-29-36-55-56(39-49)60-58(51-22-20-43-16-8-10-18-48(43)38-51)57(55)50-21-19-42-15-7-9-17-47(42)37-50/h1-39H. The molecule has 0 aliphatic heterocycles. The summed E-state index contributed by atoms with van der Waals surface area (Å²) in [4.78, 5) is 3.65. The third-order valence-electron chi connectivity index (χ3n) is 11.7. The molecule has 0 atom stereocenters. The number of hydrogen-bond acceptors (Lipinski definition) is 2. The van der Waals surface area contributed by atoms with Gasteiger partial charge in [-0.25, -0.2) is 0 Å². The summed E-state index contributed by atoms with van der Waals surface area (Å²) < 4.78 is 1.28. The molecule has 1 heterocycles. The zero-order chi connectivity index (χ0) is 39.8. The van der Waals surface area contributed by atoms with Crippen LogP contribution in [0.4, 0.5) is 17.1 Å². The first kappa shape index (κ1) is 35.6. The summed E-state index contributed by atoms with van der Waals surface area (Å²) in [5.74, 6) is 0. The van der Waals surface area contributed by atoms with Crippen LogP contribution in [0.5, 0.6) is 0 Å². The first-order valence-corrected chi connectivity index (χ1v) is 21.3. The molecule has 0 N–H and O–H groups in total. The molecule has 0 bridgehead atoms. The van der Waals surface area contributed by atoms with E-state index in [4.69, 9.17) is 0 Å². The number of anilines is 3. The van der Waals surface area contributed by atoms with E-state index in [0.717, 1.165) is 17.1 Å². The second kappa shape index (κ2) is 15.3. The summed E-state index contributed by atoms with van der Waals surface area (Å²) in [6.07, 6.45) is 0. The first-order valence-electron chi connectivity index (χ1n) is 20.5. The van der Waals surface area contributed by atoms with E-state index in [1.165, 1.54) is 86.6 Å². The van der Waals surface area contributed by atoms with E-state index in [2.05, 4.69) is 241 Å². The maximum atomic E-state index is 2.38. The molecule has 0 fully saturated rings. The molecule has 60 heavy (non-hydrogen) atoms. The van der Waals surface area contributed by atoms with Gasteiger partial charge in [0, 0.05) is 37.6 Å². The topological polar surface area (TPSA) is 3.24 Å². The fourth-order valence-corrected chi connectivity index (χ4v) is 9.82. The van der Waals surface area contributed by atoms with Crippen LogP contribution >= 0.6 is 11.3 Å². The third-order valence-corrected chi connectivity index (χ3v) is 12.9. The van der Waals surface area contributed by atoms with E-state index in [1.54, 1.807) is 0 Å². The van der Waals surface area contributed by atoms with Crippen molar-refractivity contribution in [2.24, 2.45) is 0 Å². The number of benzene rings is 10. The second-order valence-corrected chi connectivity index (χ2v) is 16.4. The van der Waals surface area contributed by atoms with Gasteiger partial charge in [-0.15, -0.1) is 11.3 Å². The van der Waals surface area contributed by atoms with Crippen LogP contribution in [0.2, 0.25) is 0 Å². The zero-order valence-corrected chi connectivity index (χ0v) is 33.7. The van der Waals surface area contributed by atoms with E-state index < -0.39 is 0 Å². The maximum Gasteiger partial charge on any atom is 0.0462 e. The lowest BCUT2D eigenvalue weighted by molar-refractivity contribution is 1.28. The maximum absolute atomic E-state index is 2.38. The van der Waals surface area contributed by atoms with Gasteiger partial charge in [0.05, 0.1) is 0 Å². The highest BCUT2D eigenvalue weighted by molar-refractivity contribution is 7.23. The Morgan fingerprint density at radius 1 is 0.267 bits per heavy atom. The van der Waals surface area contributed by atoms with Gasteiger partial charge in [0.15, 0.2) is 0 Å². The van der Waals surface area contributed by atoms with Gasteiger partial charge in [0.1, 0.15) is 0 Å². The zero-order valence-electron chi connectivity index (χ0n) is 32.9. The lowest BCUT2D eigenvalue weighted by atomic mass is 9.94. The lowest BCUT2D eigenvalue weighted by Crippen LogP contribution is -2.09. The molecule has 11 rings (SSSR count). The Hall–Kier alpha value is -7.52. The van der Waals surface area contributed by atoms with Crippen LogP contribution in [-0.4, -0.2) is 0 Å². The third kappa shape index (κ3) is 6.73. The Morgan fingerprint density at radius 2 is 0.650 bits per heavy atom. The molecule has 2 heteroatoms. The summed E-state index contributed by atoms with van der Waals surface area (Å²) >= 11 is 1.89. The largest absolute Gasteiger partial charge is 0.311 e. The normalized spacial score (nSPS) is 11.3. The predicted molar refractivity (Wildman–Crippen MR) is 259 cm³/mol. The highest BCUT2D eigenvalue weighted by Crippen LogP contribution is 2.47. The Bertz CT molecular complexity index is 3190. The lowest BCUT2D eigenvalue weighted by Gasteiger charge is -2.26. The first-order chi connectivity index (χ1) is 29.7. The molecule has 0 saturated heterocycles. The van der Waals surface area contributed by atoms with Gasteiger partial charge in [0.2, 0.25) is 0 Å². The minimum atomic E-state index is 1.10. The van der Waals surface area contributed by atoms with Crippen molar-refractivity contribution < 1.29 is 0 Å². The monoisotopic (exact) mass is 781 g/mol. The van der Waals surface area contributed by atoms with Crippen LogP contribution in [0.25, 0.3) is 86.6 Å². The Morgan fingerprint density at radius 3 is 1.17 bits per heavy atom. The molecule has 1 aromatic heterocycles. The van der Waals surface area contributed by atoms with Crippen molar-refractivity contribution in [3.63, 3.8) is 0 Å². The quantitative estimate of drug-likeness (QED) is 0.148. The molecule has 0 spiro atoms. The highest BCUT2D eigenvalue weighted by Gasteiger charge is 2.19. The molecule has 0 amide bonds. The summed E-state index contributed by atoms with van der Waals surface area (Å²) in [5.41, 5.74) is 14.3. The van der Waals surface area contributed by atoms with Crippen molar-refractivity contribution in [2.75, 3.05) is 4.90 Å². The summed E-state index contributed by atoms with van der Waals surface area (Å²) in [6, 6.07) is 86.1. The molecule has 282 valence electrons. The van der Waals surface area contributed by atoms with Gasteiger partial charge in [-0.2, -0.15) is 0 Å². The molecular weight excluding hydrogens is 743 g/mol. The number of nitrogens with zero attached hydrogens (tertiary/aromatic N) is 1. The number of thiophene rings is 1. The minimum Gasteiger partial charge on any atom is -0.311 e. The Kier molecular flexibility index (Phi) is 9.11. The van der Waals surface area contributed by atoms with Crippen LogP contribution < -0.4 is 4.90 Å². The Balaban J connectivity index is 0.983. The molecule has 0 radical (unpaired) electrons. The van der Waals surface area contributed by atoms with Gasteiger partial charge in [-0.05, 0) is 121 Å². The summed E-state index contributed by atoms with van der Waals surface area (Å²) in [5, 5.41) is 6.30. The van der Waals surface area contributed by atoms with Crippen molar-refractivity contribution >= 4 is 60.0 Å². The fraction of sp³-hybridized carbons (Fsp3) is 0. The van der Waals surface area contributed by atoms with Crippen LogP contribution in [0.3, 0.4) is 0 Å². The van der Waals surface area contributed by atoms with Gasteiger partial charge in [0.25, 0.3) is 0 Å². The molecule has 0 aliphatic rings. The van der Waals surface area contributed by atoms with E-state index in [9.17, 15) is 0 Å². The van der Waals surface area contributed by atoms with E-state index >= 15 is 0 Å². The van der Waals surface area contributed by atoms with Crippen LogP contribution in [-0.2, 0) is 0 Å². The molecular formula is C58H39NS. The van der Waals surface area contributed by atoms with Crippen molar-refractivity contribution in [2.45, 2.75) is 0 Å². The number of rotatable bonds is 8. The average molecular weight is 782 g/mol. The van der Waals surface area contributed by atoms with Crippen molar-refractivity contribution in [1.82, 2.24) is 0 Å². The van der Waals surface area contributed by atoms with Gasteiger partial charge < -0.3 is 4.90 Å². The predicted octanol–water partition coefficient (Wildman–Crippen LogP) is 17.0. The van der Waals surface area contributed by atoms with Crippen LogP contribution in [0.15, 0.2) is 237 Å². The SMILES string of the molecule is c1ccc(-c2ccc(N(c3ccc(-c4ccccc4)cc3)c3ccc(-c4ccc5c(-c6ccc7ccccc7c6)c(-c6ccc7ccccc7c6)sc5c4)cc3)cc2)cc1. The minimum absolute atomic E-state index is 1.10. The molecule has 1 nitrogen and oxygen atoms in total. The number of hydrogen-bond donors (Lipinski definition) is 0. The van der Waals surface area contributed by atoms with Crippen molar-refractivity contribution in [1.29, 1.82) is 0 Å². The molecule has 0 unspecified atom stereocenters. The van der Waals surface area contributed by atoms with Crippen LogP contribution in [0.1, 0.15) is 0 Å². The van der Waals surface area contributed by atoms with Gasteiger partial charge >= 0.3 is 0 Å². The second-order valence-electron chi connectivity index (χ2n) is 15.3. The van der Waals surface area contributed by atoms with Crippen LogP contribution in [0, 0.1) is 0 Å². The molecule has 10 aromatic carbocycles. The van der Waals surface area contributed by atoms with E-state index in [0.29, 0.717) is 0 Å². The number of fused-ring (bicyclic) bond motifs is 3. The van der Waals surface area contributed by atoms with Crippen molar-refractivity contribution in [3.8, 4) is 54.9 Å². The summed E-state index contributed by atoms with van der Waals surface area (Å²) in [7, 11) is 0. The van der Waals surface area contributed by atoms with Gasteiger partial charge in [-0.1, -0.05) is 182 Å². The smallest absolute Gasteiger partial charge is 0.0462 e.